The summed E-state index contributed by atoms with van der Waals surface area (Å²) in [4.78, 5) is 0. The van der Waals surface area contributed by atoms with Crippen molar-refractivity contribution in [3.05, 3.63) is 71.8 Å². The number of halogens is 2. The Morgan fingerprint density at radius 1 is 0.762 bits per heavy atom. The Balaban J connectivity index is 2.14. The molecule has 0 bridgehead atoms. The third kappa shape index (κ3) is 3.21. The van der Waals surface area contributed by atoms with Crippen molar-refractivity contribution in [3.63, 3.8) is 0 Å². The number of hydrogen-bond acceptors (Lipinski definition) is 0. The lowest BCUT2D eigenvalue weighted by Crippen LogP contribution is -2.13. The molecule has 2 aromatic carbocycles. The lowest BCUT2D eigenvalue weighted by molar-refractivity contribution is 0.537. The summed E-state index contributed by atoms with van der Waals surface area (Å²) in [6, 6.07) is 21.9. The molecule has 0 heterocycles. The van der Waals surface area contributed by atoms with Gasteiger partial charge in [0.1, 0.15) is 0 Å². The normalized spacial score (nSPS) is 21.8. The zero-order valence-electron chi connectivity index (χ0n) is 11.8. The van der Waals surface area contributed by atoms with E-state index in [2.05, 4.69) is 106 Å². The van der Waals surface area contributed by atoms with E-state index >= 15 is 0 Å². The van der Waals surface area contributed by atoms with Crippen molar-refractivity contribution in [1.29, 1.82) is 0 Å². The second kappa shape index (κ2) is 7.27. The summed E-state index contributed by atoms with van der Waals surface area (Å²) in [5.41, 5.74) is 5.95. The van der Waals surface area contributed by atoms with Crippen molar-refractivity contribution < 1.29 is 0 Å². The highest BCUT2D eigenvalue weighted by atomic mass is 127. The molecule has 0 nitrogen and oxygen atoms in total. The maximum absolute atomic E-state index is 2.56. The highest BCUT2D eigenvalue weighted by Crippen LogP contribution is 2.48. The second-order valence-corrected chi connectivity index (χ2v) is 7.27. The average molecular weight is 500 g/mol. The fourth-order valence-electron chi connectivity index (χ4n) is 3.26. The fraction of sp³-hybridized carbons (Fsp3) is 0.263. The molecule has 0 amide bonds. The van der Waals surface area contributed by atoms with Crippen molar-refractivity contribution in [2.24, 2.45) is 11.8 Å². The first-order valence-corrected chi connectivity index (χ1v) is 10.4. The van der Waals surface area contributed by atoms with Crippen LogP contribution in [0.1, 0.15) is 17.5 Å². The molecule has 0 N–H and O–H groups in total. The van der Waals surface area contributed by atoms with Crippen LogP contribution in [-0.4, -0.2) is 8.86 Å². The maximum atomic E-state index is 2.56. The monoisotopic (exact) mass is 500 g/mol. The van der Waals surface area contributed by atoms with Crippen LogP contribution in [0.5, 0.6) is 0 Å². The first-order chi connectivity index (χ1) is 10.3. The summed E-state index contributed by atoms with van der Waals surface area (Å²) >= 11 is 5.12. The van der Waals surface area contributed by atoms with Gasteiger partial charge in [-0.1, -0.05) is 106 Å². The minimum atomic E-state index is 0.681. The zero-order chi connectivity index (χ0) is 14.7. The predicted molar refractivity (Wildman–Crippen MR) is 109 cm³/mol. The topological polar surface area (TPSA) is 0 Å². The number of benzene rings is 2. The lowest BCUT2D eigenvalue weighted by Gasteiger charge is -2.19. The van der Waals surface area contributed by atoms with E-state index in [9.17, 15) is 0 Å². The van der Waals surface area contributed by atoms with Gasteiger partial charge >= 0.3 is 0 Å². The standard InChI is InChI=1S/C19H18I2/c20-12-16-11-17(14-7-3-1-4-8-14)19(18(16)13-21)15-9-5-2-6-10-15/h1-10,16,18H,11-13H2/t16-,18-/m1/s1. The Hall–Kier alpha value is -0.360. The van der Waals surface area contributed by atoms with Gasteiger partial charge in [-0.05, 0) is 40.5 Å². The van der Waals surface area contributed by atoms with Crippen LogP contribution in [0.3, 0.4) is 0 Å². The Morgan fingerprint density at radius 3 is 1.86 bits per heavy atom. The summed E-state index contributed by atoms with van der Waals surface area (Å²) in [6.45, 7) is 0. The summed E-state index contributed by atoms with van der Waals surface area (Å²) in [6.07, 6.45) is 1.21. The highest BCUT2D eigenvalue weighted by Gasteiger charge is 2.34. The van der Waals surface area contributed by atoms with E-state index in [-0.39, 0.29) is 0 Å². The van der Waals surface area contributed by atoms with Gasteiger partial charge in [0.15, 0.2) is 0 Å². The molecule has 0 radical (unpaired) electrons. The van der Waals surface area contributed by atoms with Crippen molar-refractivity contribution in [1.82, 2.24) is 0 Å². The van der Waals surface area contributed by atoms with Gasteiger partial charge in [0.2, 0.25) is 0 Å². The zero-order valence-corrected chi connectivity index (χ0v) is 16.1. The molecule has 0 fully saturated rings. The molecule has 2 heteroatoms. The Morgan fingerprint density at radius 2 is 1.33 bits per heavy atom. The van der Waals surface area contributed by atoms with E-state index in [1.807, 2.05) is 0 Å². The molecule has 2 aromatic rings. The van der Waals surface area contributed by atoms with Gasteiger partial charge in [-0.2, -0.15) is 0 Å². The third-order valence-electron chi connectivity index (χ3n) is 4.30. The molecule has 3 rings (SSSR count). The molecule has 0 aliphatic heterocycles. The molecule has 1 aliphatic carbocycles. The second-order valence-electron chi connectivity index (χ2n) is 5.50. The molecule has 0 spiro atoms. The molecular weight excluding hydrogens is 482 g/mol. The van der Waals surface area contributed by atoms with Crippen LogP contribution in [0.4, 0.5) is 0 Å². The highest BCUT2D eigenvalue weighted by molar-refractivity contribution is 14.1. The Bertz CT molecular complexity index is 617. The Labute approximate surface area is 154 Å². The first kappa shape index (κ1) is 15.5. The summed E-state index contributed by atoms with van der Waals surface area (Å²) in [5, 5.41) is 0. The molecule has 0 saturated heterocycles. The first-order valence-electron chi connectivity index (χ1n) is 7.31. The van der Waals surface area contributed by atoms with Crippen molar-refractivity contribution >= 4 is 56.3 Å². The van der Waals surface area contributed by atoms with Crippen molar-refractivity contribution in [2.45, 2.75) is 6.42 Å². The van der Waals surface area contributed by atoms with E-state index in [0.717, 1.165) is 5.92 Å². The maximum Gasteiger partial charge on any atom is 0.00676 e. The number of alkyl halides is 2. The molecular formula is C19H18I2. The van der Waals surface area contributed by atoms with Gasteiger partial charge in [0, 0.05) is 8.86 Å². The minimum Gasteiger partial charge on any atom is -0.0860 e. The predicted octanol–water partition coefficient (Wildman–Crippen LogP) is 6.10. The fourth-order valence-corrected chi connectivity index (χ4v) is 5.34. The SMILES string of the molecule is IC[C@H]1CC(c2ccccc2)=C(c2ccccc2)[C@@H]1CI. The van der Waals surface area contributed by atoms with E-state index in [0.29, 0.717) is 5.92 Å². The quantitative estimate of drug-likeness (QED) is 0.352. The molecule has 1 aliphatic rings. The number of rotatable bonds is 4. The molecule has 0 aromatic heterocycles. The van der Waals surface area contributed by atoms with Crippen LogP contribution in [-0.2, 0) is 0 Å². The van der Waals surface area contributed by atoms with Crippen LogP contribution in [0.25, 0.3) is 11.1 Å². The van der Waals surface area contributed by atoms with Crippen LogP contribution in [0.2, 0.25) is 0 Å². The number of hydrogen-bond donors (Lipinski definition) is 0. The molecule has 21 heavy (non-hydrogen) atoms. The smallest absolute Gasteiger partial charge is 0.00676 e. The van der Waals surface area contributed by atoms with Crippen LogP contribution < -0.4 is 0 Å². The third-order valence-corrected chi connectivity index (χ3v) is 6.38. The molecule has 2 atom stereocenters. The van der Waals surface area contributed by atoms with Gasteiger partial charge in [-0.3, -0.25) is 0 Å². The summed E-state index contributed by atoms with van der Waals surface area (Å²) in [5.74, 6) is 1.45. The Kier molecular flexibility index (Phi) is 5.38. The van der Waals surface area contributed by atoms with Crippen LogP contribution >= 0.6 is 45.2 Å². The lowest BCUT2D eigenvalue weighted by atomic mass is 9.90. The summed E-state index contributed by atoms with van der Waals surface area (Å²) in [7, 11) is 0. The largest absolute Gasteiger partial charge is 0.0860 e. The average Bonchev–Trinajstić information content (AvgIpc) is 2.95. The van der Waals surface area contributed by atoms with Crippen molar-refractivity contribution in [2.75, 3.05) is 8.86 Å². The van der Waals surface area contributed by atoms with E-state index < -0.39 is 0 Å². The van der Waals surface area contributed by atoms with Crippen molar-refractivity contribution in [3.8, 4) is 0 Å². The van der Waals surface area contributed by atoms with Gasteiger partial charge in [0.25, 0.3) is 0 Å². The van der Waals surface area contributed by atoms with E-state index in [4.69, 9.17) is 0 Å². The van der Waals surface area contributed by atoms with Gasteiger partial charge in [0.05, 0.1) is 0 Å². The minimum absolute atomic E-state index is 0.681. The molecule has 0 saturated carbocycles. The molecule has 0 unspecified atom stereocenters. The van der Waals surface area contributed by atoms with Crippen LogP contribution in [0, 0.1) is 11.8 Å². The molecule has 108 valence electrons. The van der Waals surface area contributed by atoms with Gasteiger partial charge in [-0.15, -0.1) is 0 Å². The van der Waals surface area contributed by atoms with Gasteiger partial charge in [-0.25, -0.2) is 0 Å². The number of allylic oxidation sites excluding steroid dienone is 2. The van der Waals surface area contributed by atoms with Crippen LogP contribution in [0.15, 0.2) is 60.7 Å². The van der Waals surface area contributed by atoms with E-state index in [1.54, 1.807) is 11.1 Å². The van der Waals surface area contributed by atoms with Gasteiger partial charge < -0.3 is 0 Å². The summed E-state index contributed by atoms with van der Waals surface area (Å²) < 4.78 is 2.43. The van der Waals surface area contributed by atoms with E-state index in [1.165, 1.54) is 26.4 Å².